The number of hydrogen-bond acceptors (Lipinski definition) is 4. The Morgan fingerprint density at radius 2 is 1.56 bits per heavy atom. The predicted molar refractivity (Wildman–Crippen MR) is 135 cm³/mol. The van der Waals surface area contributed by atoms with E-state index in [0.717, 1.165) is 29.7 Å². The van der Waals surface area contributed by atoms with Gasteiger partial charge in [-0.1, -0.05) is 24.3 Å². The van der Waals surface area contributed by atoms with E-state index in [1.807, 2.05) is 24.3 Å². The second-order valence-corrected chi connectivity index (χ2v) is 9.21. The maximum absolute atomic E-state index is 12.7. The van der Waals surface area contributed by atoms with Gasteiger partial charge in [0, 0.05) is 23.2 Å². The highest BCUT2D eigenvalue weighted by Crippen LogP contribution is 2.41. The molecule has 5 rings (SSSR count). The van der Waals surface area contributed by atoms with Crippen LogP contribution in [0.15, 0.2) is 79.1 Å². The fourth-order valence-corrected chi connectivity index (χ4v) is 4.27. The van der Waals surface area contributed by atoms with Gasteiger partial charge in [0.1, 0.15) is 12.1 Å². The zero-order valence-corrected chi connectivity index (χ0v) is 20.6. The minimum atomic E-state index is -4.76. The van der Waals surface area contributed by atoms with E-state index in [1.54, 1.807) is 0 Å². The van der Waals surface area contributed by atoms with Crippen LogP contribution in [0.1, 0.15) is 23.5 Å². The van der Waals surface area contributed by atoms with Crippen molar-refractivity contribution in [1.29, 1.82) is 0 Å². The normalized spacial score (nSPS) is 17.0. The molecule has 0 amide bonds. The molecule has 39 heavy (non-hydrogen) atoms. The molecule has 1 aromatic heterocycles. The molecule has 1 saturated carbocycles. The van der Waals surface area contributed by atoms with Crippen LogP contribution in [0.4, 0.5) is 32.0 Å². The van der Waals surface area contributed by atoms with E-state index >= 15 is 0 Å². The van der Waals surface area contributed by atoms with Gasteiger partial charge in [-0.15, -0.1) is 18.3 Å². The number of alkyl halides is 6. The molecule has 0 saturated heterocycles. The second-order valence-electron chi connectivity index (χ2n) is 8.80. The van der Waals surface area contributed by atoms with Gasteiger partial charge in [0.2, 0.25) is 0 Å². The average molecular weight is 564 g/mol. The molecular formula is C26H19F6N5OS. The first-order chi connectivity index (χ1) is 18.4. The number of hydrogen-bond donors (Lipinski definition) is 2. The van der Waals surface area contributed by atoms with Crippen molar-refractivity contribution in [3.05, 3.63) is 90.3 Å². The fraction of sp³-hybridized carbons (Fsp3) is 0.192. The largest absolute Gasteiger partial charge is 0.573 e. The lowest BCUT2D eigenvalue weighted by Crippen LogP contribution is -2.31. The molecule has 13 heteroatoms. The summed E-state index contributed by atoms with van der Waals surface area (Å²) in [6, 6.07) is 17.7. The molecule has 2 atom stereocenters. The molecule has 1 aliphatic carbocycles. The van der Waals surface area contributed by atoms with E-state index in [-0.39, 0.29) is 17.7 Å². The number of benzene rings is 3. The first-order valence-corrected chi connectivity index (χ1v) is 12.0. The third-order valence-corrected chi connectivity index (χ3v) is 6.22. The highest BCUT2D eigenvalue weighted by Gasteiger charge is 2.39. The van der Waals surface area contributed by atoms with Crippen molar-refractivity contribution in [1.82, 2.24) is 20.1 Å². The minimum Gasteiger partial charge on any atom is -0.406 e. The van der Waals surface area contributed by atoms with E-state index in [1.165, 1.54) is 47.4 Å². The van der Waals surface area contributed by atoms with Gasteiger partial charge >= 0.3 is 12.5 Å². The van der Waals surface area contributed by atoms with Gasteiger partial charge in [-0.2, -0.15) is 13.2 Å². The van der Waals surface area contributed by atoms with Gasteiger partial charge in [0.05, 0.1) is 11.3 Å². The van der Waals surface area contributed by atoms with Gasteiger partial charge in [-0.25, -0.2) is 9.67 Å². The van der Waals surface area contributed by atoms with Crippen LogP contribution < -0.4 is 15.4 Å². The summed E-state index contributed by atoms with van der Waals surface area (Å²) in [5, 5.41) is 10.8. The van der Waals surface area contributed by atoms with Crippen LogP contribution in [0.2, 0.25) is 0 Å². The van der Waals surface area contributed by atoms with Crippen LogP contribution in [0.3, 0.4) is 0 Å². The van der Waals surface area contributed by atoms with Gasteiger partial charge in [-0.05, 0) is 72.7 Å². The van der Waals surface area contributed by atoms with Crippen molar-refractivity contribution in [2.45, 2.75) is 30.9 Å². The molecule has 1 heterocycles. The van der Waals surface area contributed by atoms with E-state index in [9.17, 15) is 26.3 Å². The fourth-order valence-electron chi connectivity index (χ4n) is 4.00. The molecule has 1 fully saturated rings. The molecule has 3 aromatic carbocycles. The number of nitrogens with one attached hydrogen (secondary N) is 2. The number of rotatable bonds is 6. The second kappa shape index (κ2) is 10.2. The highest BCUT2D eigenvalue weighted by atomic mass is 32.1. The highest BCUT2D eigenvalue weighted by molar-refractivity contribution is 7.80. The Balaban J connectivity index is 1.15. The molecular weight excluding hydrogens is 544 g/mol. The van der Waals surface area contributed by atoms with Gasteiger partial charge in [0.15, 0.2) is 10.9 Å². The van der Waals surface area contributed by atoms with Crippen molar-refractivity contribution in [3.8, 4) is 22.8 Å². The summed E-state index contributed by atoms with van der Waals surface area (Å²) >= 11 is 5.30. The van der Waals surface area contributed by atoms with Crippen molar-refractivity contribution in [3.63, 3.8) is 0 Å². The summed E-state index contributed by atoms with van der Waals surface area (Å²) in [7, 11) is 0. The first kappa shape index (κ1) is 26.5. The van der Waals surface area contributed by atoms with E-state index < -0.39 is 18.1 Å². The Bertz CT molecular complexity index is 1450. The quantitative estimate of drug-likeness (QED) is 0.201. The number of nitrogens with zero attached hydrogens (tertiary/aromatic N) is 3. The molecule has 202 valence electrons. The van der Waals surface area contributed by atoms with Crippen LogP contribution in [0.5, 0.6) is 5.75 Å². The summed E-state index contributed by atoms with van der Waals surface area (Å²) in [6.45, 7) is 0. The number of anilines is 1. The average Bonchev–Trinajstić information content (AvgIpc) is 3.45. The molecule has 0 bridgehead atoms. The third kappa shape index (κ3) is 6.66. The predicted octanol–water partition coefficient (Wildman–Crippen LogP) is 6.69. The Labute approximate surface area is 223 Å². The SMILES string of the molecule is FC(F)(F)Oc1ccc(-n2cnc(-c3ccc(C4CC4NC(=S)Nc4ccc(C(F)(F)F)cc4)cc3)n2)cc1. The Kier molecular flexibility index (Phi) is 6.93. The van der Waals surface area contributed by atoms with Crippen LogP contribution in [0.25, 0.3) is 17.1 Å². The van der Waals surface area contributed by atoms with Crippen LogP contribution in [-0.2, 0) is 6.18 Å². The van der Waals surface area contributed by atoms with Crippen LogP contribution >= 0.6 is 12.2 Å². The Hall–Kier alpha value is -4.13. The zero-order chi connectivity index (χ0) is 27.8. The lowest BCUT2D eigenvalue weighted by Gasteiger charge is -2.12. The first-order valence-electron chi connectivity index (χ1n) is 11.6. The molecule has 0 aliphatic heterocycles. The van der Waals surface area contributed by atoms with Crippen LogP contribution in [-0.4, -0.2) is 32.3 Å². The monoisotopic (exact) mass is 563 g/mol. The summed E-state index contributed by atoms with van der Waals surface area (Å²) in [5.41, 5.74) is 2.09. The Morgan fingerprint density at radius 3 is 2.18 bits per heavy atom. The number of aromatic nitrogens is 3. The lowest BCUT2D eigenvalue weighted by molar-refractivity contribution is -0.274. The summed E-state index contributed by atoms with van der Waals surface area (Å²) in [5.74, 6) is 0.338. The van der Waals surface area contributed by atoms with E-state index in [2.05, 4.69) is 25.5 Å². The van der Waals surface area contributed by atoms with E-state index in [4.69, 9.17) is 12.2 Å². The van der Waals surface area contributed by atoms with Gasteiger partial charge in [0.25, 0.3) is 0 Å². The number of thiocarbonyl (C=S) groups is 1. The maximum atomic E-state index is 12.7. The third-order valence-electron chi connectivity index (χ3n) is 6.00. The zero-order valence-electron chi connectivity index (χ0n) is 19.8. The van der Waals surface area contributed by atoms with Crippen molar-refractivity contribution in [2.75, 3.05) is 5.32 Å². The topological polar surface area (TPSA) is 64.0 Å². The molecule has 2 N–H and O–H groups in total. The van der Waals surface area contributed by atoms with Crippen LogP contribution in [0, 0.1) is 0 Å². The van der Waals surface area contributed by atoms with Crippen molar-refractivity contribution >= 4 is 23.0 Å². The van der Waals surface area contributed by atoms with Gasteiger partial charge < -0.3 is 15.4 Å². The number of ether oxygens (including phenoxy) is 1. The summed E-state index contributed by atoms with van der Waals surface area (Å²) in [4.78, 5) is 4.29. The molecule has 2 unspecified atom stereocenters. The van der Waals surface area contributed by atoms with Crippen molar-refractivity contribution < 1.29 is 31.1 Å². The molecule has 4 aromatic rings. The standard InChI is InChI=1S/C26H19F6N5OS/c27-25(28,29)17-5-7-18(8-6-17)34-24(39)35-22-13-21(22)15-1-3-16(4-2-15)23-33-14-37(36-23)19-9-11-20(12-10-19)38-26(30,31)32/h1-12,14,21-22H,13H2,(H2,34,35,39). The molecule has 0 radical (unpaired) electrons. The minimum absolute atomic E-state index is 0.0897. The smallest absolute Gasteiger partial charge is 0.406 e. The molecule has 0 spiro atoms. The summed E-state index contributed by atoms with van der Waals surface area (Å²) < 4.78 is 80.5. The molecule has 6 nitrogen and oxygen atoms in total. The van der Waals surface area contributed by atoms with Gasteiger partial charge in [-0.3, -0.25) is 0 Å². The lowest BCUT2D eigenvalue weighted by atomic mass is 10.1. The Morgan fingerprint density at radius 1 is 0.897 bits per heavy atom. The maximum Gasteiger partial charge on any atom is 0.573 e. The van der Waals surface area contributed by atoms with Crippen molar-refractivity contribution in [2.24, 2.45) is 0 Å². The molecule has 1 aliphatic rings. The van der Waals surface area contributed by atoms with E-state index in [0.29, 0.717) is 22.3 Å². The number of halogens is 6. The summed E-state index contributed by atoms with van der Waals surface area (Å²) in [6.07, 6.45) is -6.85.